The Morgan fingerprint density at radius 1 is 1.03 bits per heavy atom. The molecule has 3 aromatic rings. The molecule has 2 amide bonds. The van der Waals surface area contributed by atoms with Crippen molar-refractivity contribution in [2.75, 3.05) is 14.2 Å². The van der Waals surface area contributed by atoms with Crippen LogP contribution in [0.2, 0.25) is 5.02 Å². The van der Waals surface area contributed by atoms with Gasteiger partial charge in [-0.25, -0.2) is 0 Å². The minimum Gasteiger partial charge on any atom is -0.493 e. The number of benzene rings is 2. The maximum atomic E-state index is 12.8. The molecule has 0 fully saturated rings. The lowest BCUT2D eigenvalue weighted by Gasteiger charge is -2.12. The first-order valence-electron chi connectivity index (χ1n) is 9.31. The maximum Gasteiger partial charge on any atom is 0.268 e. The largest absolute Gasteiger partial charge is 0.493 e. The summed E-state index contributed by atoms with van der Waals surface area (Å²) in [5.74, 6) is 0.706. The minimum atomic E-state index is -0.478. The highest BCUT2D eigenvalue weighted by atomic mass is 35.5. The van der Waals surface area contributed by atoms with Crippen molar-refractivity contribution in [3.8, 4) is 11.5 Å². The smallest absolute Gasteiger partial charge is 0.268 e. The highest BCUT2D eigenvalue weighted by Crippen LogP contribution is 2.28. The van der Waals surface area contributed by atoms with Crippen molar-refractivity contribution in [3.05, 3.63) is 88.5 Å². The Morgan fingerprint density at radius 3 is 2.42 bits per heavy atom. The van der Waals surface area contributed by atoms with Crippen molar-refractivity contribution in [2.45, 2.75) is 6.54 Å². The molecule has 8 heteroatoms. The van der Waals surface area contributed by atoms with Crippen LogP contribution in [0.5, 0.6) is 11.5 Å². The monoisotopic (exact) mass is 440 g/mol. The second kappa shape index (κ2) is 10.4. The van der Waals surface area contributed by atoms with Gasteiger partial charge in [0, 0.05) is 10.6 Å². The summed E-state index contributed by atoms with van der Waals surface area (Å²) in [6.07, 6.45) is 3.07. The predicted octanol–water partition coefficient (Wildman–Crippen LogP) is 4.04. The zero-order valence-corrected chi connectivity index (χ0v) is 17.7. The fraction of sp³-hybridized carbons (Fsp3) is 0.130. The number of hydrogen-bond acceptors (Lipinski definition) is 5. The van der Waals surface area contributed by atoms with Crippen molar-refractivity contribution < 1.29 is 23.5 Å². The summed E-state index contributed by atoms with van der Waals surface area (Å²) >= 11 is 5.89. The van der Waals surface area contributed by atoms with Crippen molar-refractivity contribution >= 4 is 29.5 Å². The van der Waals surface area contributed by atoms with Gasteiger partial charge in [-0.1, -0.05) is 17.7 Å². The van der Waals surface area contributed by atoms with Gasteiger partial charge in [-0.2, -0.15) is 0 Å². The molecule has 160 valence electrons. The lowest BCUT2D eigenvalue weighted by Crippen LogP contribution is -2.34. The van der Waals surface area contributed by atoms with Gasteiger partial charge >= 0.3 is 0 Å². The number of nitrogens with one attached hydrogen (secondary N) is 2. The highest BCUT2D eigenvalue weighted by molar-refractivity contribution is 6.30. The van der Waals surface area contributed by atoms with E-state index in [1.807, 2.05) is 0 Å². The van der Waals surface area contributed by atoms with Gasteiger partial charge in [-0.05, 0) is 60.2 Å². The third kappa shape index (κ3) is 5.90. The Hall–Kier alpha value is -3.71. The molecule has 0 aliphatic rings. The molecule has 3 rings (SSSR count). The molecule has 0 unspecified atom stereocenters. The van der Waals surface area contributed by atoms with E-state index in [2.05, 4.69) is 10.6 Å². The molecule has 0 saturated carbocycles. The molecular formula is C23H21ClN2O5. The van der Waals surface area contributed by atoms with E-state index >= 15 is 0 Å². The van der Waals surface area contributed by atoms with Crippen LogP contribution in [0.15, 0.2) is 71.0 Å². The summed E-state index contributed by atoms with van der Waals surface area (Å²) in [6.45, 7) is 0.173. The van der Waals surface area contributed by atoms with Crippen LogP contribution in [0.4, 0.5) is 0 Å². The van der Waals surface area contributed by atoms with Gasteiger partial charge in [0.05, 0.1) is 27.0 Å². The number of methoxy groups -OCH3 is 2. The van der Waals surface area contributed by atoms with E-state index in [0.717, 1.165) is 0 Å². The zero-order chi connectivity index (χ0) is 22.2. The second-order valence-electron chi connectivity index (χ2n) is 6.40. The average molecular weight is 441 g/mol. The van der Waals surface area contributed by atoms with Crippen LogP contribution in [0.1, 0.15) is 21.7 Å². The van der Waals surface area contributed by atoms with Crippen LogP contribution in [-0.4, -0.2) is 26.0 Å². The van der Waals surface area contributed by atoms with Crippen LogP contribution in [-0.2, 0) is 11.3 Å². The number of ether oxygens (including phenoxy) is 2. The van der Waals surface area contributed by atoms with E-state index in [4.69, 9.17) is 25.5 Å². The molecule has 1 heterocycles. The topological polar surface area (TPSA) is 89.8 Å². The van der Waals surface area contributed by atoms with E-state index in [0.29, 0.717) is 33.4 Å². The molecule has 1 aromatic heterocycles. The van der Waals surface area contributed by atoms with Crippen molar-refractivity contribution in [2.24, 2.45) is 0 Å². The van der Waals surface area contributed by atoms with E-state index < -0.39 is 11.8 Å². The van der Waals surface area contributed by atoms with Gasteiger partial charge in [0.25, 0.3) is 11.8 Å². The minimum absolute atomic E-state index is 0.0544. The summed E-state index contributed by atoms with van der Waals surface area (Å²) in [7, 11) is 3.05. The average Bonchev–Trinajstić information content (AvgIpc) is 3.31. The van der Waals surface area contributed by atoms with Crippen LogP contribution in [0, 0.1) is 0 Å². The first-order chi connectivity index (χ1) is 15.0. The SMILES string of the molecule is COc1ccc(C=C(NC(=O)c2ccc(Cl)cc2)C(=O)NCc2ccco2)cc1OC. The number of hydrogen-bond donors (Lipinski definition) is 2. The first kappa shape index (κ1) is 22.0. The molecule has 0 aliphatic heterocycles. The van der Waals surface area contributed by atoms with E-state index in [1.165, 1.54) is 20.5 Å². The molecule has 0 spiro atoms. The third-order valence-electron chi connectivity index (χ3n) is 4.32. The Balaban J connectivity index is 1.87. The fourth-order valence-corrected chi connectivity index (χ4v) is 2.87. The zero-order valence-electron chi connectivity index (χ0n) is 17.0. The van der Waals surface area contributed by atoms with Gasteiger partial charge < -0.3 is 24.5 Å². The molecule has 0 radical (unpaired) electrons. The Bertz CT molecular complexity index is 1080. The molecule has 0 bridgehead atoms. The maximum absolute atomic E-state index is 12.8. The quantitative estimate of drug-likeness (QED) is 0.516. The standard InChI is InChI=1S/C23H21ClN2O5/c1-29-20-10-5-15(13-21(20)30-2)12-19(23(28)25-14-18-4-3-11-31-18)26-22(27)16-6-8-17(24)9-7-16/h3-13H,14H2,1-2H3,(H,25,28)(H,26,27). The molecule has 2 aromatic carbocycles. The second-order valence-corrected chi connectivity index (χ2v) is 6.83. The van der Waals surface area contributed by atoms with Gasteiger partial charge in [0.1, 0.15) is 11.5 Å². The predicted molar refractivity (Wildman–Crippen MR) is 117 cm³/mol. The van der Waals surface area contributed by atoms with Crippen LogP contribution >= 0.6 is 11.6 Å². The molecular weight excluding hydrogens is 420 g/mol. The summed E-state index contributed by atoms with van der Waals surface area (Å²) < 4.78 is 15.8. The Kier molecular flexibility index (Phi) is 7.35. The summed E-state index contributed by atoms with van der Waals surface area (Å²) in [4.78, 5) is 25.5. The van der Waals surface area contributed by atoms with Gasteiger partial charge in [-0.15, -0.1) is 0 Å². The lowest BCUT2D eigenvalue weighted by atomic mass is 10.1. The van der Waals surface area contributed by atoms with Crippen molar-refractivity contribution in [3.63, 3.8) is 0 Å². The lowest BCUT2D eigenvalue weighted by molar-refractivity contribution is -0.118. The van der Waals surface area contributed by atoms with Crippen LogP contribution in [0.25, 0.3) is 6.08 Å². The Labute approximate surface area is 184 Å². The van der Waals surface area contributed by atoms with Gasteiger partial charge in [0.15, 0.2) is 11.5 Å². The number of carbonyl (C=O) groups excluding carboxylic acids is 2. The van der Waals surface area contributed by atoms with Crippen LogP contribution < -0.4 is 20.1 Å². The van der Waals surface area contributed by atoms with E-state index in [9.17, 15) is 9.59 Å². The van der Waals surface area contributed by atoms with Crippen molar-refractivity contribution in [1.82, 2.24) is 10.6 Å². The molecule has 31 heavy (non-hydrogen) atoms. The third-order valence-corrected chi connectivity index (χ3v) is 4.57. The van der Waals surface area contributed by atoms with Crippen molar-refractivity contribution in [1.29, 1.82) is 0 Å². The summed E-state index contributed by atoms with van der Waals surface area (Å²) in [5.41, 5.74) is 1.05. The molecule has 0 aliphatic carbocycles. The molecule has 0 saturated heterocycles. The molecule has 7 nitrogen and oxygen atoms in total. The first-order valence-corrected chi connectivity index (χ1v) is 9.69. The Morgan fingerprint density at radius 2 is 1.77 bits per heavy atom. The van der Waals surface area contributed by atoms with Crippen LogP contribution in [0.3, 0.4) is 0 Å². The normalized spacial score (nSPS) is 11.0. The summed E-state index contributed by atoms with van der Waals surface area (Å²) in [6, 6.07) is 15.0. The molecule has 0 atom stereocenters. The highest BCUT2D eigenvalue weighted by Gasteiger charge is 2.16. The number of amides is 2. The molecule has 2 N–H and O–H groups in total. The number of rotatable bonds is 8. The van der Waals surface area contributed by atoms with Gasteiger partial charge in [-0.3, -0.25) is 9.59 Å². The van der Waals surface area contributed by atoms with E-state index in [-0.39, 0.29) is 12.2 Å². The fourth-order valence-electron chi connectivity index (χ4n) is 2.74. The summed E-state index contributed by atoms with van der Waals surface area (Å²) in [5, 5.41) is 5.90. The van der Waals surface area contributed by atoms with Gasteiger partial charge in [0.2, 0.25) is 0 Å². The number of carbonyl (C=O) groups is 2. The number of halogens is 1. The number of furan rings is 1. The van der Waals surface area contributed by atoms with E-state index in [1.54, 1.807) is 60.7 Å².